The van der Waals surface area contributed by atoms with Gasteiger partial charge in [0.2, 0.25) is 0 Å². The Morgan fingerprint density at radius 3 is 2.85 bits per heavy atom. The molecule has 0 atom stereocenters. The third-order valence-corrected chi connectivity index (χ3v) is 2.18. The lowest BCUT2D eigenvalue weighted by molar-refractivity contribution is 0.414. The van der Waals surface area contributed by atoms with Crippen LogP contribution in [-0.2, 0) is 0 Å². The predicted molar refractivity (Wildman–Crippen MR) is 51.9 cm³/mol. The van der Waals surface area contributed by atoms with Gasteiger partial charge in [0.15, 0.2) is 5.88 Å². The van der Waals surface area contributed by atoms with Crippen molar-refractivity contribution >= 4 is 16.9 Å². The summed E-state index contributed by atoms with van der Waals surface area (Å²) < 4.78 is 10.4. The lowest BCUT2D eigenvalue weighted by Crippen LogP contribution is -1.82. The summed E-state index contributed by atoms with van der Waals surface area (Å²) in [5.41, 5.74) is 7.39. The van der Waals surface area contributed by atoms with Gasteiger partial charge < -0.3 is 14.9 Å². The maximum Gasteiger partial charge on any atom is 0.194 e. The summed E-state index contributed by atoms with van der Waals surface area (Å²) in [7, 11) is 1.63. The van der Waals surface area contributed by atoms with E-state index < -0.39 is 0 Å². The van der Waals surface area contributed by atoms with Gasteiger partial charge in [0.25, 0.3) is 0 Å². The Kier molecular flexibility index (Phi) is 1.65. The molecular formula is C10H11NO2. The van der Waals surface area contributed by atoms with E-state index in [-0.39, 0.29) is 0 Å². The second kappa shape index (κ2) is 2.69. The molecule has 2 N–H and O–H groups in total. The molecule has 0 unspecified atom stereocenters. The molecule has 13 heavy (non-hydrogen) atoms. The monoisotopic (exact) mass is 177 g/mol. The van der Waals surface area contributed by atoms with Gasteiger partial charge >= 0.3 is 0 Å². The molecule has 2 rings (SSSR count). The Morgan fingerprint density at radius 2 is 2.15 bits per heavy atom. The number of hydrogen-bond acceptors (Lipinski definition) is 3. The number of aryl methyl sites for hydroxylation is 1. The molecule has 0 fully saturated rings. The van der Waals surface area contributed by atoms with Crippen LogP contribution in [0.3, 0.4) is 0 Å². The fourth-order valence-corrected chi connectivity index (χ4v) is 1.35. The smallest absolute Gasteiger partial charge is 0.194 e. The van der Waals surface area contributed by atoms with Crippen LogP contribution in [0.1, 0.15) is 5.56 Å². The number of ether oxygens (including phenoxy) is 1. The van der Waals surface area contributed by atoms with Gasteiger partial charge in [-0.3, -0.25) is 0 Å². The highest BCUT2D eigenvalue weighted by Gasteiger charge is 2.07. The zero-order valence-electron chi connectivity index (χ0n) is 7.63. The minimum absolute atomic E-state index is 0.475. The van der Waals surface area contributed by atoms with Crippen molar-refractivity contribution in [1.82, 2.24) is 0 Å². The highest BCUT2D eigenvalue weighted by molar-refractivity contribution is 5.86. The van der Waals surface area contributed by atoms with E-state index in [1.165, 1.54) is 0 Å². The Morgan fingerprint density at radius 1 is 1.38 bits per heavy atom. The van der Waals surface area contributed by atoms with Crippen molar-refractivity contribution in [2.45, 2.75) is 6.92 Å². The normalized spacial score (nSPS) is 10.6. The third-order valence-electron chi connectivity index (χ3n) is 2.18. The molecular weight excluding hydrogens is 166 g/mol. The molecule has 1 heterocycles. The van der Waals surface area contributed by atoms with Gasteiger partial charge in [-0.25, -0.2) is 0 Å². The van der Waals surface area contributed by atoms with E-state index in [1.54, 1.807) is 7.11 Å². The second-order valence-electron chi connectivity index (χ2n) is 2.95. The number of methoxy groups -OCH3 is 1. The summed E-state index contributed by atoms with van der Waals surface area (Å²) in [6.07, 6.45) is 0. The van der Waals surface area contributed by atoms with E-state index in [1.807, 2.05) is 25.1 Å². The van der Waals surface area contributed by atoms with Crippen LogP contribution in [0.4, 0.5) is 5.88 Å². The number of hydrogen-bond donors (Lipinski definition) is 1. The minimum Gasteiger partial charge on any atom is -0.497 e. The van der Waals surface area contributed by atoms with Gasteiger partial charge in [-0.05, 0) is 19.1 Å². The van der Waals surface area contributed by atoms with E-state index in [4.69, 9.17) is 14.9 Å². The lowest BCUT2D eigenvalue weighted by Gasteiger charge is -1.97. The molecule has 0 aliphatic heterocycles. The largest absolute Gasteiger partial charge is 0.497 e. The zero-order valence-corrected chi connectivity index (χ0v) is 7.63. The maximum absolute atomic E-state index is 5.64. The second-order valence-corrected chi connectivity index (χ2v) is 2.95. The molecule has 3 heteroatoms. The summed E-state index contributed by atoms with van der Waals surface area (Å²) in [4.78, 5) is 0. The van der Waals surface area contributed by atoms with Crippen LogP contribution in [-0.4, -0.2) is 7.11 Å². The first-order valence-electron chi connectivity index (χ1n) is 4.05. The fraction of sp³-hybridized carbons (Fsp3) is 0.200. The van der Waals surface area contributed by atoms with Crippen LogP contribution in [0.5, 0.6) is 5.75 Å². The van der Waals surface area contributed by atoms with Crippen molar-refractivity contribution in [3.63, 3.8) is 0 Å². The Balaban J connectivity index is 2.73. The number of fused-ring (bicyclic) bond motifs is 1. The molecule has 0 amide bonds. The van der Waals surface area contributed by atoms with Crippen LogP contribution < -0.4 is 10.5 Å². The Hall–Kier alpha value is -1.64. The van der Waals surface area contributed by atoms with Gasteiger partial charge in [0.1, 0.15) is 11.3 Å². The van der Waals surface area contributed by atoms with E-state index in [9.17, 15) is 0 Å². The molecule has 0 spiro atoms. The van der Waals surface area contributed by atoms with E-state index in [2.05, 4.69) is 0 Å². The van der Waals surface area contributed by atoms with Crippen LogP contribution in [0, 0.1) is 6.92 Å². The topological polar surface area (TPSA) is 48.4 Å². The number of nitrogens with two attached hydrogens (primary N) is 1. The first kappa shape index (κ1) is 7.98. The first-order valence-corrected chi connectivity index (χ1v) is 4.05. The molecule has 68 valence electrons. The molecule has 3 nitrogen and oxygen atoms in total. The van der Waals surface area contributed by atoms with E-state index in [0.717, 1.165) is 22.3 Å². The molecule has 0 saturated carbocycles. The average molecular weight is 177 g/mol. The SMILES string of the molecule is COc1ccc2c(C)c(N)oc2c1. The average Bonchev–Trinajstić information content (AvgIpc) is 2.42. The highest BCUT2D eigenvalue weighted by atomic mass is 16.5. The molecule has 1 aromatic heterocycles. The highest BCUT2D eigenvalue weighted by Crippen LogP contribution is 2.29. The summed E-state index contributed by atoms with van der Waals surface area (Å²) in [5.74, 6) is 1.25. The lowest BCUT2D eigenvalue weighted by atomic mass is 10.2. The zero-order chi connectivity index (χ0) is 9.42. The standard InChI is InChI=1S/C10H11NO2/c1-6-8-4-3-7(12-2)5-9(8)13-10(6)11/h3-5H,11H2,1-2H3. The molecule has 0 aliphatic carbocycles. The molecule has 2 aromatic rings. The van der Waals surface area contributed by atoms with Gasteiger partial charge in [0, 0.05) is 17.0 Å². The van der Waals surface area contributed by atoms with E-state index >= 15 is 0 Å². The molecule has 1 aromatic carbocycles. The quantitative estimate of drug-likeness (QED) is 0.727. The van der Waals surface area contributed by atoms with Crippen LogP contribution in [0.15, 0.2) is 22.6 Å². The minimum atomic E-state index is 0.475. The molecule has 0 bridgehead atoms. The van der Waals surface area contributed by atoms with Crippen molar-refractivity contribution in [2.24, 2.45) is 0 Å². The van der Waals surface area contributed by atoms with Gasteiger partial charge in [-0.1, -0.05) is 0 Å². The summed E-state index contributed by atoms with van der Waals surface area (Å²) in [6.45, 7) is 1.94. The predicted octanol–water partition coefficient (Wildman–Crippen LogP) is 2.33. The van der Waals surface area contributed by atoms with Crippen LogP contribution in [0.2, 0.25) is 0 Å². The maximum atomic E-state index is 5.64. The van der Waals surface area contributed by atoms with Gasteiger partial charge in [-0.2, -0.15) is 0 Å². The van der Waals surface area contributed by atoms with Crippen LogP contribution in [0.25, 0.3) is 11.0 Å². The number of rotatable bonds is 1. The summed E-state index contributed by atoms with van der Waals surface area (Å²) in [5, 5.41) is 1.04. The van der Waals surface area contributed by atoms with Crippen molar-refractivity contribution in [2.75, 3.05) is 12.8 Å². The van der Waals surface area contributed by atoms with Gasteiger partial charge in [-0.15, -0.1) is 0 Å². The van der Waals surface area contributed by atoms with Crippen molar-refractivity contribution < 1.29 is 9.15 Å². The van der Waals surface area contributed by atoms with E-state index in [0.29, 0.717) is 5.88 Å². The molecule has 0 radical (unpaired) electrons. The first-order chi connectivity index (χ1) is 6.22. The number of nitrogen functional groups attached to an aromatic ring is 1. The van der Waals surface area contributed by atoms with Crippen molar-refractivity contribution in [3.8, 4) is 5.75 Å². The Bertz CT molecular complexity index is 445. The number of anilines is 1. The number of benzene rings is 1. The molecule has 0 aliphatic rings. The third kappa shape index (κ3) is 1.13. The van der Waals surface area contributed by atoms with Crippen molar-refractivity contribution in [3.05, 3.63) is 23.8 Å². The van der Waals surface area contributed by atoms with Crippen LogP contribution >= 0.6 is 0 Å². The number of furan rings is 1. The Labute approximate surface area is 76.1 Å². The summed E-state index contributed by atoms with van der Waals surface area (Å²) >= 11 is 0. The summed E-state index contributed by atoms with van der Waals surface area (Å²) in [6, 6.07) is 5.67. The van der Waals surface area contributed by atoms with Gasteiger partial charge in [0.05, 0.1) is 7.11 Å². The fourth-order valence-electron chi connectivity index (χ4n) is 1.35. The molecule has 0 saturated heterocycles. The van der Waals surface area contributed by atoms with Crippen molar-refractivity contribution in [1.29, 1.82) is 0 Å².